The molecule has 2 aromatic rings. The third kappa shape index (κ3) is 2.62. The van der Waals surface area contributed by atoms with E-state index in [0.29, 0.717) is 24.7 Å². The van der Waals surface area contributed by atoms with Gasteiger partial charge in [-0.25, -0.2) is 8.78 Å². The van der Waals surface area contributed by atoms with Crippen molar-refractivity contribution in [2.24, 2.45) is 0 Å². The summed E-state index contributed by atoms with van der Waals surface area (Å²) in [4.78, 5) is 14.0. The minimum Gasteiger partial charge on any atom is -0.464 e. The Morgan fingerprint density at radius 3 is 2.82 bits per heavy atom. The number of hydrogen-bond donors (Lipinski definition) is 0. The molecule has 1 aliphatic rings. The van der Waals surface area contributed by atoms with E-state index in [1.165, 1.54) is 17.0 Å². The van der Waals surface area contributed by atoms with Crippen molar-refractivity contribution in [2.75, 3.05) is 19.8 Å². The van der Waals surface area contributed by atoms with E-state index < -0.39 is 23.6 Å². The number of rotatable bonds is 2. The van der Waals surface area contributed by atoms with Crippen molar-refractivity contribution in [1.29, 1.82) is 0 Å². The largest absolute Gasteiger partial charge is 0.464 e. The second kappa shape index (κ2) is 5.88. The molecule has 116 valence electrons. The number of amides is 1. The number of benzene rings is 1. The molecule has 0 bridgehead atoms. The standard InChI is InChI=1S/C16H15F2NO3/c1-10-5-6-14(22-10)13-9-21-8-7-19(13)16(20)11-3-2-4-12(17)15(11)18/h2-6,13H,7-9H2,1H3/t13-/m0/s1. The molecule has 0 N–H and O–H groups in total. The molecule has 4 nitrogen and oxygen atoms in total. The van der Waals surface area contributed by atoms with Crippen LogP contribution in [0.5, 0.6) is 0 Å². The van der Waals surface area contributed by atoms with Crippen molar-refractivity contribution in [2.45, 2.75) is 13.0 Å². The zero-order chi connectivity index (χ0) is 15.7. The van der Waals surface area contributed by atoms with Crippen molar-refractivity contribution in [3.63, 3.8) is 0 Å². The highest BCUT2D eigenvalue weighted by Crippen LogP contribution is 2.28. The molecule has 1 atom stereocenters. The van der Waals surface area contributed by atoms with E-state index in [-0.39, 0.29) is 12.2 Å². The molecule has 0 radical (unpaired) electrons. The van der Waals surface area contributed by atoms with Gasteiger partial charge in [0.2, 0.25) is 0 Å². The summed E-state index contributed by atoms with van der Waals surface area (Å²) >= 11 is 0. The number of ether oxygens (including phenoxy) is 1. The molecule has 1 aliphatic heterocycles. The van der Waals surface area contributed by atoms with Crippen LogP contribution in [0.3, 0.4) is 0 Å². The fraction of sp³-hybridized carbons (Fsp3) is 0.312. The Balaban J connectivity index is 1.93. The lowest BCUT2D eigenvalue weighted by molar-refractivity contribution is -0.00921. The molecule has 0 aliphatic carbocycles. The highest BCUT2D eigenvalue weighted by Gasteiger charge is 2.32. The summed E-state index contributed by atoms with van der Waals surface area (Å²) in [6.07, 6.45) is 0. The summed E-state index contributed by atoms with van der Waals surface area (Å²) in [7, 11) is 0. The molecule has 3 rings (SSSR count). The molecule has 0 saturated carbocycles. The maximum absolute atomic E-state index is 13.9. The van der Waals surface area contributed by atoms with Crippen molar-refractivity contribution < 1.29 is 22.7 Å². The van der Waals surface area contributed by atoms with Crippen LogP contribution in [0.4, 0.5) is 8.78 Å². The van der Waals surface area contributed by atoms with Gasteiger partial charge in [0, 0.05) is 6.54 Å². The van der Waals surface area contributed by atoms with E-state index in [0.717, 1.165) is 6.07 Å². The van der Waals surface area contributed by atoms with Gasteiger partial charge in [-0.05, 0) is 31.2 Å². The van der Waals surface area contributed by atoms with Gasteiger partial charge in [0.1, 0.15) is 17.6 Å². The van der Waals surface area contributed by atoms with Crippen LogP contribution in [0.25, 0.3) is 0 Å². The molecular weight excluding hydrogens is 292 g/mol. The molecule has 1 aromatic carbocycles. The van der Waals surface area contributed by atoms with Crippen LogP contribution in [0, 0.1) is 18.6 Å². The van der Waals surface area contributed by atoms with Gasteiger partial charge in [0.15, 0.2) is 11.6 Å². The minimum absolute atomic E-state index is 0.260. The van der Waals surface area contributed by atoms with Crippen LogP contribution >= 0.6 is 0 Å². The average molecular weight is 307 g/mol. The summed E-state index contributed by atoms with van der Waals surface area (Å²) < 4.78 is 38.2. The van der Waals surface area contributed by atoms with Gasteiger partial charge >= 0.3 is 0 Å². The SMILES string of the molecule is Cc1ccc([C@@H]2COCCN2C(=O)c2cccc(F)c2F)o1. The fourth-order valence-corrected chi connectivity index (χ4v) is 2.54. The fourth-order valence-electron chi connectivity index (χ4n) is 2.54. The van der Waals surface area contributed by atoms with Crippen LogP contribution in [0.15, 0.2) is 34.7 Å². The lowest BCUT2D eigenvalue weighted by Crippen LogP contribution is -2.43. The van der Waals surface area contributed by atoms with Gasteiger partial charge in [-0.1, -0.05) is 6.07 Å². The van der Waals surface area contributed by atoms with Crippen LogP contribution in [-0.4, -0.2) is 30.6 Å². The topological polar surface area (TPSA) is 42.7 Å². The monoisotopic (exact) mass is 307 g/mol. The summed E-state index contributed by atoms with van der Waals surface area (Å²) in [5.41, 5.74) is -0.282. The van der Waals surface area contributed by atoms with Gasteiger partial charge in [-0.3, -0.25) is 4.79 Å². The third-order valence-electron chi connectivity index (χ3n) is 3.66. The first-order chi connectivity index (χ1) is 10.6. The average Bonchev–Trinajstić information content (AvgIpc) is 2.96. The van der Waals surface area contributed by atoms with Gasteiger partial charge in [-0.2, -0.15) is 0 Å². The first kappa shape index (κ1) is 14.7. The van der Waals surface area contributed by atoms with Gasteiger partial charge in [0.25, 0.3) is 5.91 Å². The van der Waals surface area contributed by atoms with Crippen LogP contribution in [0.1, 0.15) is 27.9 Å². The molecule has 1 saturated heterocycles. The third-order valence-corrected chi connectivity index (χ3v) is 3.66. The molecule has 1 amide bonds. The molecule has 2 heterocycles. The van der Waals surface area contributed by atoms with E-state index in [9.17, 15) is 13.6 Å². The van der Waals surface area contributed by atoms with E-state index in [2.05, 4.69) is 0 Å². The summed E-state index contributed by atoms with van der Waals surface area (Å²) in [6.45, 7) is 2.69. The normalized spacial score (nSPS) is 18.5. The predicted octanol–water partition coefficient (Wildman–Crippen LogP) is 3.08. The van der Waals surface area contributed by atoms with Crippen molar-refractivity contribution in [3.8, 4) is 0 Å². The second-order valence-electron chi connectivity index (χ2n) is 5.14. The van der Waals surface area contributed by atoms with E-state index in [1.807, 2.05) is 0 Å². The predicted molar refractivity (Wildman–Crippen MR) is 74.4 cm³/mol. The first-order valence-corrected chi connectivity index (χ1v) is 6.97. The van der Waals surface area contributed by atoms with Crippen molar-refractivity contribution >= 4 is 5.91 Å². The Morgan fingerprint density at radius 2 is 2.09 bits per heavy atom. The lowest BCUT2D eigenvalue weighted by Gasteiger charge is -2.34. The Labute approximate surface area is 126 Å². The minimum atomic E-state index is -1.13. The molecular formula is C16H15F2NO3. The smallest absolute Gasteiger partial charge is 0.257 e. The summed E-state index contributed by atoms with van der Waals surface area (Å²) in [6, 6.07) is 6.68. The number of furan rings is 1. The number of morpholine rings is 1. The zero-order valence-corrected chi connectivity index (χ0v) is 12.0. The number of aryl methyl sites for hydroxylation is 1. The number of carbonyl (C=O) groups is 1. The summed E-state index contributed by atoms with van der Waals surface area (Å²) in [5, 5.41) is 0. The highest BCUT2D eigenvalue weighted by atomic mass is 19.2. The van der Waals surface area contributed by atoms with Crippen LogP contribution < -0.4 is 0 Å². The molecule has 0 unspecified atom stereocenters. The molecule has 6 heteroatoms. The molecule has 22 heavy (non-hydrogen) atoms. The maximum Gasteiger partial charge on any atom is 0.257 e. The summed E-state index contributed by atoms with van der Waals surface area (Å²) in [5.74, 6) is -1.45. The maximum atomic E-state index is 13.9. The number of nitrogens with zero attached hydrogens (tertiary/aromatic N) is 1. The Bertz CT molecular complexity index is 698. The number of hydrogen-bond acceptors (Lipinski definition) is 3. The highest BCUT2D eigenvalue weighted by molar-refractivity contribution is 5.94. The van der Waals surface area contributed by atoms with Crippen LogP contribution in [-0.2, 0) is 4.74 Å². The van der Waals surface area contributed by atoms with Crippen molar-refractivity contribution in [3.05, 3.63) is 59.1 Å². The Hall–Kier alpha value is -2.21. The van der Waals surface area contributed by atoms with Crippen LogP contribution in [0.2, 0.25) is 0 Å². The van der Waals surface area contributed by atoms with E-state index in [4.69, 9.17) is 9.15 Å². The lowest BCUT2D eigenvalue weighted by atomic mass is 10.1. The van der Waals surface area contributed by atoms with E-state index >= 15 is 0 Å². The van der Waals surface area contributed by atoms with Gasteiger partial charge in [-0.15, -0.1) is 0 Å². The number of halogens is 2. The number of carbonyl (C=O) groups excluding carboxylic acids is 1. The van der Waals surface area contributed by atoms with Gasteiger partial charge in [0.05, 0.1) is 18.8 Å². The quantitative estimate of drug-likeness (QED) is 0.856. The van der Waals surface area contributed by atoms with E-state index in [1.54, 1.807) is 19.1 Å². The van der Waals surface area contributed by atoms with Crippen molar-refractivity contribution in [1.82, 2.24) is 4.90 Å². The Kier molecular flexibility index (Phi) is 3.94. The molecule has 0 spiro atoms. The second-order valence-corrected chi connectivity index (χ2v) is 5.14. The molecule has 1 aromatic heterocycles. The van der Waals surface area contributed by atoms with Gasteiger partial charge < -0.3 is 14.1 Å². The Morgan fingerprint density at radius 1 is 1.27 bits per heavy atom. The molecule has 1 fully saturated rings. The first-order valence-electron chi connectivity index (χ1n) is 6.97. The zero-order valence-electron chi connectivity index (χ0n) is 12.0.